The molecule has 1 aliphatic rings. The number of hydrogen-bond donors (Lipinski definition) is 1. The van der Waals surface area contributed by atoms with Crippen LogP contribution >= 0.6 is 0 Å². The van der Waals surface area contributed by atoms with E-state index in [-0.39, 0.29) is 0 Å². The van der Waals surface area contributed by atoms with Crippen LogP contribution in [0.1, 0.15) is 24.1 Å². The lowest BCUT2D eigenvalue weighted by Crippen LogP contribution is -2.38. The fraction of sp³-hybridized carbons (Fsp3) is 0.600. The highest BCUT2D eigenvalue weighted by atomic mass is 16.5. The summed E-state index contributed by atoms with van der Waals surface area (Å²) < 4.78 is 5.40. The van der Waals surface area contributed by atoms with Crippen LogP contribution in [0.3, 0.4) is 0 Å². The molecule has 0 bridgehead atoms. The second-order valence-corrected chi connectivity index (χ2v) is 4.91. The number of ether oxygens (including phenoxy) is 1. The van der Waals surface area contributed by atoms with Crippen LogP contribution in [-0.4, -0.2) is 44.8 Å². The fourth-order valence-electron chi connectivity index (χ4n) is 2.52. The molecule has 1 N–H and O–H groups in total. The molecule has 3 heteroatoms. The average molecular weight is 248 g/mol. The number of hydrogen-bond acceptors (Lipinski definition) is 3. The Morgan fingerprint density at radius 1 is 1.39 bits per heavy atom. The number of benzene rings is 1. The lowest BCUT2D eigenvalue weighted by molar-refractivity contribution is 0.118. The molecular weight excluding hydrogens is 224 g/mol. The first-order valence-electron chi connectivity index (χ1n) is 6.88. The van der Waals surface area contributed by atoms with E-state index in [0.717, 1.165) is 39.3 Å². The molecule has 18 heavy (non-hydrogen) atoms. The number of likely N-dealkylation sites (N-methyl/N-ethyl adjacent to an activating group) is 1. The van der Waals surface area contributed by atoms with Gasteiger partial charge in [0, 0.05) is 25.7 Å². The molecule has 0 aromatic heterocycles. The van der Waals surface area contributed by atoms with Crippen LogP contribution in [0.2, 0.25) is 0 Å². The highest BCUT2D eigenvalue weighted by molar-refractivity contribution is 5.32. The van der Waals surface area contributed by atoms with Crippen molar-refractivity contribution < 1.29 is 4.74 Å². The Balaban J connectivity index is 1.90. The molecule has 0 saturated carbocycles. The maximum absolute atomic E-state index is 5.40. The van der Waals surface area contributed by atoms with Gasteiger partial charge in [-0.25, -0.2) is 0 Å². The van der Waals surface area contributed by atoms with Crippen LogP contribution in [0.5, 0.6) is 0 Å². The van der Waals surface area contributed by atoms with Crippen LogP contribution < -0.4 is 5.32 Å². The molecule has 1 heterocycles. The smallest absolute Gasteiger partial charge is 0.0593 e. The van der Waals surface area contributed by atoms with E-state index in [1.165, 1.54) is 11.1 Å². The predicted octanol–water partition coefficient (Wildman–Crippen LogP) is 1.84. The minimum absolute atomic E-state index is 0.460. The van der Waals surface area contributed by atoms with Gasteiger partial charge in [-0.3, -0.25) is 0 Å². The Hall–Kier alpha value is -0.900. The van der Waals surface area contributed by atoms with Crippen LogP contribution in [0, 0.1) is 0 Å². The number of fused-ring (bicyclic) bond motifs is 1. The molecule has 0 saturated heterocycles. The van der Waals surface area contributed by atoms with Gasteiger partial charge in [0.1, 0.15) is 0 Å². The molecule has 1 aromatic rings. The summed E-state index contributed by atoms with van der Waals surface area (Å²) in [6.45, 7) is 6.79. The van der Waals surface area contributed by atoms with Crippen molar-refractivity contribution in [1.82, 2.24) is 10.2 Å². The predicted molar refractivity (Wildman–Crippen MR) is 74.9 cm³/mol. The van der Waals surface area contributed by atoms with Crippen LogP contribution in [-0.2, 0) is 11.2 Å². The Morgan fingerprint density at radius 2 is 2.22 bits per heavy atom. The third kappa shape index (κ3) is 3.55. The first-order valence-corrected chi connectivity index (χ1v) is 6.88. The minimum Gasteiger partial charge on any atom is -0.380 e. The number of nitrogens with zero attached hydrogens (tertiary/aromatic N) is 1. The van der Waals surface area contributed by atoms with E-state index in [1.54, 1.807) is 0 Å². The molecule has 0 radical (unpaired) electrons. The van der Waals surface area contributed by atoms with Gasteiger partial charge in [0.15, 0.2) is 0 Å². The standard InChI is InChI=1S/C15H24N2O/c1-3-18-11-10-17(2)12-15-14-7-5-4-6-13(14)8-9-16-15/h4-7,15-16H,3,8-12H2,1-2H3. The van der Waals surface area contributed by atoms with Gasteiger partial charge in [0.05, 0.1) is 6.61 Å². The summed E-state index contributed by atoms with van der Waals surface area (Å²) in [6, 6.07) is 9.24. The normalized spacial score (nSPS) is 18.9. The maximum Gasteiger partial charge on any atom is 0.0593 e. The van der Waals surface area contributed by atoms with Crippen molar-refractivity contribution in [2.24, 2.45) is 0 Å². The van der Waals surface area contributed by atoms with E-state index in [0.29, 0.717) is 6.04 Å². The Kier molecular flexibility index (Phi) is 5.17. The molecule has 0 amide bonds. The van der Waals surface area contributed by atoms with E-state index in [4.69, 9.17) is 4.74 Å². The van der Waals surface area contributed by atoms with E-state index in [1.807, 2.05) is 6.92 Å². The monoisotopic (exact) mass is 248 g/mol. The molecule has 0 fully saturated rings. The summed E-state index contributed by atoms with van der Waals surface area (Å²) in [5.74, 6) is 0. The summed E-state index contributed by atoms with van der Waals surface area (Å²) in [5, 5.41) is 3.61. The zero-order valence-electron chi connectivity index (χ0n) is 11.5. The lowest BCUT2D eigenvalue weighted by Gasteiger charge is -2.30. The second kappa shape index (κ2) is 6.88. The average Bonchev–Trinajstić information content (AvgIpc) is 2.39. The molecule has 3 nitrogen and oxygen atoms in total. The Morgan fingerprint density at radius 3 is 3.06 bits per heavy atom. The first kappa shape index (κ1) is 13.5. The number of rotatable bonds is 6. The number of nitrogens with one attached hydrogen (secondary N) is 1. The van der Waals surface area contributed by atoms with Crippen molar-refractivity contribution in [3.05, 3.63) is 35.4 Å². The molecule has 100 valence electrons. The Bertz CT molecular complexity index is 367. The van der Waals surface area contributed by atoms with Gasteiger partial charge in [0.2, 0.25) is 0 Å². The third-order valence-corrected chi connectivity index (χ3v) is 3.53. The van der Waals surface area contributed by atoms with E-state index >= 15 is 0 Å². The van der Waals surface area contributed by atoms with Crippen LogP contribution in [0.15, 0.2) is 24.3 Å². The van der Waals surface area contributed by atoms with Gasteiger partial charge in [-0.15, -0.1) is 0 Å². The zero-order chi connectivity index (χ0) is 12.8. The first-order chi connectivity index (χ1) is 8.81. The SMILES string of the molecule is CCOCCN(C)CC1NCCc2ccccc21. The van der Waals surface area contributed by atoms with Gasteiger partial charge in [-0.2, -0.15) is 0 Å². The highest BCUT2D eigenvalue weighted by Gasteiger charge is 2.20. The maximum atomic E-state index is 5.40. The van der Waals surface area contributed by atoms with Crippen molar-refractivity contribution in [3.63, 3.8) is 0 Å². The van der Waals surface area contributed by atoms with Gasteiger partial charge in [0.25, 0.3) is 0 Å². The van der Waals surface area contributed by atoms with Gasteiger partial charge >= 0.3 is 0 Å². The molecule has 2 rings (SSSR count). The largest absolute Gasteiger partial charge is 0.380 e. The van der Waals surface area contributed by atoms with Crippen LogP contribution in [0.25, 0.3) is 0 Å². The Labute approximate surface area is 110 Å². The van der Waals surface area contributed by atoms with E-state index in [2.05, 4.69) is 41.5 Å². The molecular formula is C15H24N2O. The summed E-state index contributed by atoms with van der Waals surface area (Å²) in [5.41, 5.74) is 2.96. The van der Waals surface area contributed by atoms with Crippen molar-refractivity contribution in [2.75, 3.05) is 39.9 Å². The molecule has 1 unspecified atom stereocenters. The molecule has 0 spiro atoms. The fourth-order valence-corrected chi connectivity index (χ4v) is 2.52. The van der Waals surface area contributed by atoms with Crippen LogP contribution in [0.4, 0.5) is 0 Å². The quantitative estimate of drug-likeness (QED) is 0.778. The van der Waals surface area contributed by atoms with Crippen molar-refractivity contribution in [1.29, 1.82) is 0 Å². The van der Waals surface area contributed by atoms with Crippen molar-refractivity contribution >= 4 is 0 Å². The highest BCUT2D eigenvalue weighted by Crippen LogP contribution is 2.22. The summed E-state index contributed by atoms with van der Waals surface area (Å²) in [6.07, 6.45) is 1.15. The van der Waals surface area contributed by atoms with Gasteiger partial charge in [-0.1, -0.05) is 24.3 Å². The molecule has 1 aliphatic heterocycles. The van der Waals surface area contributed by atoms with Crippen molar-refractivity contribution in [2.45, 2.75) is 19.4 Å². The van der Waals surface area contributed by atoms with Gasteiger partial charge < -0.3 is 15.0 Å². The summed E-state index contributed by atoms with van der Waals surface area (Å²) >= 11 is 0. The zero-order valence-corrected chi connectivity index (χ0v) is 11.5. The van der Waals surface area contributed by atoms with Crippen molar-refractivity contribution in [3.8, 4) is 0 Å². The molecule has 1 aromatic carbocycles. The van der Waals surface area contributed by atoms with E-state index in [9.17, 15) is 0 Å². The van der Waals surface area contributed by atoms with Gasteiger partial charge in [-0.05, 0) is 38.1 Å². The summed E-state index contributed by atoms with van der Waals surface area (Å²) in [7, 11) is 2.16. The molecule has 1 atom stereocenters. The topological polar surface area (TPSA) is 24.5 Å². The summed E-state index contributed by atoms with van der Waals surface area (Å²) in [4.78, 5) is 2.34. The molecule has 0 aliphatic carbocycles. The second-order valence-electron chi connectivity index (χ2n) is 4.91. The lowest BCUT2D eigenvalue weighted by atomic mass is 9.94. The van der Waals surface area contributed by atoms with E-state index < -0.39 is 0 Å². The third-order valence-electron chi connectivity index (χ3n) is 3.53. The minimum atomic E-state index is 0.460.